The molecule has 2 aromatic rings. The molecule has 2 heterocycles. The molecule has 0 aromatic heterocycles. The van der Waals surface area contributed by atoms with Crippen LogP contribution in [0.4, 0.5) is 35.1 Å². The van der Waals surface area contributed by atoms with E-state index in [0.717, 1.165) is 30.3 Å². The van der Waals surface area contributed by atoms with Crippen LogP contribution < -0.4 is 0 Å². The first-order valence-electron chi connectivity index (χ1n) is 14.1. The highest BCUT2D eigenvalue weighted by Gasteiger charge is 2.74. The van der Waals surface area contributed by atoms with Crippen molar-refractivity contribution < 1.29 is 56.8 Å². The molecule has 6 nitrogen and oxygen atoms in total. The predicted molar refractivity (Wildman–Crippen MR) is 146 cm³/mol. The van der Waals surface area contributed by atoms with Crippen molar-refractivity contribution in [2.75, 3.05) is 6.54 Å². The maximum absolute atomic E-state index is 15.0. The lowest BCUT2D eigenvalue weighted by Crippen LogP contribution is -2.54. The van der Waals surface area contributed by atoms with Crippen LogP contribution in [-0.2, 0) is 41.3 Å². The Morgan fingerprint density at radius 1 is 0.911 bits per heavy atom. The Labute approximate surface area is 254 Å². The quantitative estimate of drug-likeness (QED) is 0.294. The molecule has 2 fully saturated rings. The highest BCUT2D eigenvalue weighted by atomic mass is 32.2. The molecular formula is C29H29F8NO5S2. The lowest BCUT2D eigenvalue weighted by Gasteiger charge is -2.44. The van der Waals surface area contributed by atoms with Crippen molar-refractivity contribution in [3.05, 3.63) is 65.0 Å². The number of fused-ring (bicyclic) bond motifs is 3. The van der Waals surface area contributed by atoms with Crippen molar-refractivity contribution in [3.8, 4) is 0 Å². The van der Waals surface area contributed by atoms with Crippen molar-refractivity contribution >= 4 is 25.6 Å². The number of carbonyl (C=O) groups excluding carboxylic acids is 1. The van der Waals surface area contributed by atoms with Gasteiger partial charge >= 0.3 is 18.0 Å². The fraction of sp³-hybridized carbons (Fsp3) is 0.552. The van der Waals surface area contributed by atoms with E-state index in [4.69, 9.17) is 0 Å². The largest absolute Gasteiger partial charge is 0.435 e. The van der Waals surface area contributed by atoms with Crippen molar-refractivity contribution in [2.24, 2.45) is 5.92 Å². The van der Waals surface area contributed by atoms with Crippen LogP contribution in [0.3, 0.4) is 0 Å². The van der Waals surface area contributed by atoms with Gasteiger partial charge in [0.15, 0.2) is 19.7 Å². The van der Waals surface area contributed by atoms with Crippen LogP contribution in [0.2, 0.25) is 0 Å². The number of hydrogen-bond donors (Lipinski definition) is 0. The Hall–Kier alpha value is -2.75. The van der Waals surface area contributed by atoms with Crippen molar-refractivity contribution in [1.29, 1.82) is 0 Å². The van der Waals surface area contributed by atoms with Crippen molar-refractivity contribution in [1.82, 2.24) is 4.90 Å². The van der Waals surface area contributed by atoms with Crippen LogP contribution in [0.25, 0.3) is 0 Å². The number of carbonyl (C=O) groups is 1. The maximum Gasteiger partial charge on any atom is 0.435 e. The van der Waals surface area contributed by atoms with Gasteiger partial charge in [-0.1, -0.05) is 18.2 Å². The average molecular weight is 688 g/mol. The molecule has 45 heavy (non-hydrogen) atoms. The number of halogens is 8. The second kappa shape index (κ2) is 10.6. The monoisotopic (exact) mass is 687 g/mol. The number of alkyl halides is 7. The van der Waals surface area contributed by atoms with Gasteiger partial charge in [-0.25, -0.2) is 25.6 Å². The van der Waals surface area contributed by atoms with E-state index in [9.17, 15) is 52.4 Å². The molecule has 3 aliphatic rings. The summed E-state index contributed by atoms with van der Waals surface area (Å²) >= 11 is 0. The summed E-state index contributed by atoms with van der Waals surface area (Å²) in [5.74, 6) is -2.06. The average Bonchev–Trinajstić information content (AvgIpc) is 3.35. The predicted octanol–water partition coefficient (Wildman–Crippen LogP) is 5.93. The first-order valence-corrected chi connectivity index (χ1v) is 17.2. The minimum absolute atomic E-state index is 0.0140. The van der Waals surface area contributed by atoms with E-state index in [2.05, 4.69) is 0 Å². The number of rotatable bonds is 4. The van der Waals surface area contributed by atoms with E-state index < -0.39 is 87.1 Å². The summed E-state index contributed by atoms with van der Waals surface area (Å²) in [5.41, 5.74) is -7.93. The fourth-order valence-corrected chi connectivity index (χ4v) is 11.5. The Kier molecular flexibility index (Phi) is 7.95. The Morgan fingerprint density at radius 3 is 2.00 bits per heavy atom. The van der Waals surface area contributed by atoms with Crippen LogP contribution in [0.15, 0.2) is 47.4 Å². The lowest BCUT2D eigenvalue weighted by atomic mass is 9.76. The summed E-state index contributed by atoms with van der Waals surface area (Å²) in [5, 5.41) is -1.70. The van der Waals surface area contributed by atoms with Gasteiger partial charge in [-0.05, 0) is 81.3 Å². The summed E-state index contributed by atoms with van der Waals surface area (Å²) in [4.78, 5) is 14.8. The van der Waals surface area contributed by atoms with E-state index in [0.29, 0.717) is 6.07 Å². The summed E-state index contributed by atoms with van der Waals surface area (Å²) in [6, 6.07) is 3.94. The van der Waals surface area contributed by atoms with Crippen LogP contribution in [0, 0.1) is 11.7 Å². The number of amides is 1. The minimum atomic E-state index is -6.38. The second-order valence-corrected chi connectivity index (χ2v) is 17.1. The highest BCUT2D eigenvalue weighted by molar-refractivity contribution is 7.92. The van der Waals surface area contributed by atoms with Gasteiger partial charge in [-0.2, -0.15) is 26.3 Å². The minimum Gasteiger partial charge on any atom is -0.337 e. The molecule has 2 aliphatic heterocycles. The highest BCUT2D eigenvalue weighted by Crippen LogP contribution is 2.57. The molecule has 5 rings (SSSR count). The number of aryl methyl sites for hydroxylation is 1. The molecule has 0 bridgehead atoms. The summed E-state index contributed by atoms with van der Waals surface area (Å²) < 4.78 is 162. The Balaban J connectivity index is 1.65. The molecule has 0 radical (unpaired) electrons. The molecule has 1 amide bonds. The van der Waals surface area contributed by atoms with Crippen molar-refractivity contribution in [3.63, 3.8) is 0 Å². The number of likely N-dealkylation sites (tertiary alicyclic amines) is 1. The molecule has 1 aliphatic carbocycles. The zero-order valence-corrected chi connectivity index (χ0v) is 25.6. The fourth-order valence-electron chi connectivity index (χ4n) is 7.32. The third-order valence-corrected chi connectivity index (χ3v) is 14.8. The first-order chi connectivity index (χ1) is 20.6. The van der Waals surface area contributed by atoms with Crippen LogP contribution in [0.1, 0.15) is 56.2 Å². The van der Waals surface area contributed by atoms with E-state index in [1.54, 1.807) is 0 Å². The van der Waals surface area contributed by atoms with Crippen molar-refractivity contribution in [2.45, 2.75) is 90.2 Å². The molecule has 248 valence electrons. The molecule has 16 heteroatoms. The van der Waals surface area contributed by atoms with Gasteiger partial charge < -0.3 is 4.90 Å². The van der Waals surface area contributed by atoms with E-state index in [-0.39, 0.29) is 55.8 Å². The molecule has 0 N–H and O–H groups in total. The Morgan fingerprint density at radius 2 is 1.47 bits per heavy atom. The third-order valence-electron chi connectivity index (χ3n) is 9.66. The number of sulfone groups is 2. The van der Waals surface area contributed by atoms with Gasteiger partial charge in [0.25, 0.3) is 0 Å². The zero-order valence-electron chi connectivity index (χ0n) is 23.9. The number of hydrogen-bond acceptors (Lipinski definition) is 5. The SMILES string of the molecule is C[C@@H]1C[C@H](C(=O)N2CC[C@]3(S(=O)(=O)c4ccc(F)cc4)c4ccc(C(F)(C(F)(F)F)C(F)(F)F)cc4CC[C@H]23)C[C@H](C)S1(=O)=O. The van der Waals surface area contributed by atoms with Crippen LogP contribution in [0.5, 0.6) is 0 Å². The van der Waals surface area contributed by atoms with E-state index in [1.807, 2.05) is 0 Å². The van der Waals surface area contributed by atoms with E-state index in [1.165, 1.54) is 18.7 Å². The molecule has 0 spiro atoms. The second-order valence-electron chi connectivity index (χ2n) is 12.1. The molecule has 2 aromatic carbocycles. The maximum atomic E-state index is 15.0. The molecule has 2 saturated heterocycles. The Bertz CT molecular complexity index is 1690. The van der Waals surface area contributed by atoms with E-state index >= 15 is 4.39 Å². The van der Waals surface area contributed by atoms with Gasteiger partial charge in [0.1, 0.15) is 10.6 Å². The van der Waals surface area contributed by atoms with Gasteiger partial charge in [0.05, 0.1) is 21.4 Å². The molecular weight excluding hydrogens is 658 g/mol. The smallest absolute Gasteiger partial charge is 0.337 e. The van der Waals surface area contributed by atoms with Gasteiger partial charge in [-0.3, -0.25) is 4.79 Å². The summed E-state index contributed by atoms with van der Waals surface area (Å²) in [7, 11) is -8.12. The lowest BCUT2D eigenvalue weighted by molar-refractivity contribution is -0.348. The van der Waals surface area contributed by atoms with Crippen LogP contribution in [-0.4, -0.2) is 63.1 Å². The zero-order chi connectivity index (χ0) is 33.5. The standard InChI is InChI=1S/C29H29F8NO5S2/c1-16-13-19(14-17(2)44(16,40)41)25(39)38-12-11-26(45(42,43)22-7-5-21(30)6-8-22)23-9-4-20(15-18(23)3-10-24(26)38)27(31,28(32,33)34)29(35,36)37/h4-9,15-17,19,24H,3,10-14H2,1-2H3/t16-,17+,19+,24-,26-/m0/s1. The molecule has 0 saturated carbocycles. The topological polar surface area (TPSA) is 88.6 Å². The van der Waals surface area contributed by atoms with Gasteiger partial charge in [0.2, 0.25) is 5.91 Å². The molecule has 0 unspecified atom stereocenters. The van der Waals surface area contributed by atoms with Gasteiger partial charge in [-0.15, -0.1) is 0 Å². The molecule has 5 atom stereocenters. The summed E-state index contributed by atoms with van der Waals surface area (Å²) in [6.45, 7) is 2.77. The normalized spacial score (nSPS) is 28.8. The third kappa shape index (κ3) is 4.87. The number of nitrogens with zero attached hydrogens (tertiary/aromatic N) is 1. The number of benzene rings is 2. The van der Waals surface area contributed by atoms with Gasteiger partial charge in [0, 0.05) is 18.0 Å². The first kappa shape index (κ1) is 33.6. The van der Waals surface area contributed by atoms with Crippen LogP contribution >= 0.6 is 0 Å². The summed E-state index contributed by atoms with van der Waals surface area (Å²) in [6.07, 6.45) is -13.6.